The molecule has 3 heterocycles. The van der Waals surface area contributed by atoms with Gasteiger partial charge in [0, 0.05) is 48.9 Å². The topological polar surface area (TPSA) is 158 Å². The number of sulfonamides is 1. The van der Waals surface area contributed by atoms with Crippen molar-refractivity contribution in [3.8, 4) is 28.3 Å². The fraction of sp³-hybridized carbons (Fsp3) is 0.259. The molecule has 2 aromatic heterocycles. The molecule has 4 aromatic rings. The van der Waals surface area contributed by atoms with Gasteiger partial charge in [0.2, 0.25) is 15.9 Å². The van der Waals surface area contributed by atoms with Crippen LogP contribution in [0.5, 0.6) is 5.75 Å². The van der Waals surface area contributed by atoms with E-state index in [0.29, 0.717) is 54.4 Å². The molecule has 2 aromatic carbocycles. The summed E-state index contributed by atoms with van der Waals surface area (Å²) in [5.74, 6) is 0.772. The lowest BCUT2D eigenvalue weighted by Gasteiger charge is -2.32. The third kappa shape index (κ3) is 5.62. The van der Waals surface area contributed by atoms with Gasteiger partial charge in [0.15, 0.2) is 11.9 Å². The minimum Gasteiger partial charge on any atom is -0.489 e. The summed E-state index contributed by atoms with van der Waals surface area (Å²) < 4.78 is 40.4. The summed E-state index contributed by atoms with van der Waals surface area (Å²) in [5.41, 5.74) is 1.38. The molecule has 38 heavy (non-hydrogen) atoms. The molecule has 1 aliphatic rings. The molecule has 1 unspecified atom stereocenters. The first kappa shape index (κ1) is 26.0. The molecule has 11 heteroatoms. The Morgan fingerprint density at radius 1 is 1.03 bits per heavy atom. The number of hydrogen-bond donors (Lipinski definition) is 3. The highest BCUT2D eigenvalue weighted by Gasteiger charge is 2.32. The van der Waals surface area contributed by atoms with Crippen LogP contribution in [0.2, 0.25) is 0 Å². The van der Waals surface area contributed by atoms with Gasteiger partial charge in [-0.25, -0.2) is 18.5 Å². The zero-order chi connectivity index (χ0) is 26.8. The van der Waals surface area contributed by atoms with Gasteiger partial charge in [0.25, 0.3) is 0 Å². The predicted octanol–water partition coefficient (Wildman–Crippen LogP) is 3.16. The summed E-state index contributed by atoms with van der Waals surface area (Å²) in [6, 6.07) is 16.9. The Morgan fingerprint density at radius 3 is 2.42 bits per heavy atom. The lowest BCUT2D eigenvalue weighted by atomic mass is 9.87. The number of aromatic nitrogens is 2. The molecule has 1 aliphatic heterocycles. The van der Waals surface area contributed by atoms with Crippen LogP contribution in [0.4, 0.5) is 0 Å². The first-order valence-electron chi connectivity index (χ1n) is 12.0. The van der Waals surface area contributed by atoms with Crippen molar-refractivity contribution in [2.75, 3.05) is 19.8 Å². The SMILES string of the molecule is NS(=O)(=O)c1ccc(-c2oc(C(O)COc3cncc(C4(O)CCOCC4)c3)nc2-c2ccccc2)cc1. The highest BCUT2D eigenvalue weighted by Crippen LogP contribution is 2.36. The maximum atomic E-state index is 11.7. The molecule has 0 aliphatic carbocycles. The second-order valence-corrected chi connectivity index (χ2v) is 10.6. The summed E-state index contributed by atoms with van der Waals surface area (Å²) in [6.45, 7) is 0.744. The Balaban J connectivity index is 1.39. The molecular formula is C27H27N3O7S. The molecular weight excluding hydrogens is 510 g/mol. The van der Waals surface area contributed by atoms with Gasteiger partial charge in [-0.05, 0) is 30.3 Å². The van der Waals surface area contributed by atoms with Crippen molar-refractivity contribution in [1.29, 1.82) is 0 Å². The fourth-order valence-corrected chi connectivity index (χ4v) is 4.77. The Bertz CT molecular complexity index is 1500. The predicted molar refractivity (Wildman–Crippen MR) is 137 cm³/mol. The second kappa shape index (κ2) is 10.6. The van der Waals surface area contributed by atoms with Crippen LogP contribution in [0, 0.1) is 0 Å². The van der Waals surface area contributed by atoms with E-state index >= 15 is 0 Å². The highest BCUT2D eigenvalue weighted by atomic mass is 32.2. The Hall–Kier alpha value is -3.61. The van der Waals surface area contributed by atoms with Gasteiger partial charge in [0.05, 0.1) is 16.7 Å². The number of nitrogens with zero attached hydrogens (tertiary/aromatic N) is 2. The van der Waals surface area contributed by atoms with Gasteiger partial charge in [-0.3, -0.25) is 4.98 Å². The maximum Gasteiger partial charge on any atom is 0.238 e. The van der Waals surface area contributed by atoms with Gasteiger partial charge in [-0.15, -0.1) is 0 Å². The lowest BCUT2D eigenvalue weighted by molar-refractivity contribution is -0.0682. The van der Waals surface area contributed by atoms with E-state index in [1.165, 1.54) is 18.3 Å². The van der Waals surface area contributed by atoms with Gasteiger partial charge in [-0.1, -0.05) is 30.3 Å². The maximum absolute atomic E-state index is 11.7. The average molecular weight is 538 g/mol. The van der Waals surface area contributed by atoms with E-state index in [-0.39, 0.29) is 17.4 Å². The number of nitrogens with two attached hydrogens (primary N) is 1. The zero-order valence-corrected chi connectivity index (χ0v) is 21.2. The number of ether oxygens (including phenoxy) is 2. The number of aliphatic hydroxyl groups is 2. The van der Waals surface area contributed by atoms with Crippen molar-refractivity contribution >= 4 is 10.0 Å². The lowest BCUT2D eigenvalue weighted by Crippen LogP contribution is -2.33. The van der Waals surface area contributed by atoms with E-state index in [4.69, 9.17) is 19.0 Å². The zero-order valence-electron chi connectivity index (χ0n) is 20.4. The number of primary sulfonamides is 1. The van der Waals surface area contributed by atoms with Crippen LogP contribution in [-0.2, 0) is 20.4 Å². The first-order valence-corrected chi connectivity index (χ1v) is 13.5. The Kier molecular flexibility index (Phi) is 7.28. The standard InChI is InChI=1S/C27H27N3O7S/c28-38(33,34)22-8-6-19(7-9-22)25-24(18-4-2-1-3-5-18)30-26(37-25)23(31)17-36-21-14-20(15-29-16-21)27(32)10-12-35-13-11-27/h1-9,14-16,23,31-32H,10-13,17H2,(H2,28,33,34). The highest BCUT2D eigenvalue weighted by molar-refractivity contribution is 7.89. The van der Waals surface area contributed by atoms with Crippen molar-refractivity contribution < 1.29 is 32.5 Å². The summed E-state index contributed by atoms with van der Waals surface area (Å²) in [7, 11) is -3.85. The van der Waals surface area contributed by atoms with E-state index < -0.39 is 21.7 Å². The van der Waals surface area contributed by atoms with Crippen LogP contribution < -0.4 is 9.88 Å². The largest absolute Gasteiger partial charge is 0.489 e. The van der Waals surface area contributed by atoms with Crippen molar-refractivity contribution in [3.63, 3.8) is 0 Å². The number of rotatable bonds is 8. The third-order valence-electron chi connectivity index (χ3n) is 6.40. The van der Waals surface area contributed by atoms with Crippen LogP contribution in [0.1, 0.15) is 30.4 Å². The summed E-state index contributed by atoms with van der Waals surface area (Å²) >= 11 is 0. The molecule has 0 saturated carbocycles. The summed E-state index contributed by atoms with van der Waals surface area (Å²) in [6.07, 6.45) is 2.80. The summed E-state index contributed by atoms with van der Waals surface area (Å²) in [4.78, 5) is 8.68. The summed E-state index contributed by atoms with van der Waals surface area (Å²) in [5, 5.41) is 27.0. The van der Waals surface area contributed by atoms with Crippen molar-refractivity contribution in [1.82, 2.24) is 9.97 Å². The third-order valence-corrected chi connectivity index (χ3v) is 7.33. The monoisotopic (exact) mass is 537 g/mol. The van der Waals surface area contributed by atoms with E-state index in [0.717, 1.165) is 5.56 Å². The van der Waals surface area contributed by atoms with Crippen LogP contribution in [0.15, 0.2) is 82.4 Å². The van der Waals surface area contributed by atoms with Crippen LogP contribution >= 0.6 is 0 Å². The molecule has 1 fully saturated rings. The van der Waals surface area contributed by atoms with E-state index in [9.17, 15) is 18.6 Å². The number of oxazole rings is 1. The minimum absolute atomic E-state index is 0.0292. The average Bonchev–Trinajstić information content (AvgIpc) is 3.38. The fourth-order valence-electron chi connectivity index (χ4n) is 4.26. The van der Waals surface area contributed by atoms with Gasteiger partial charge in [0.1, 0.15) is 18.1 Å². The number of pyridine rings is 1. The number of benzene rings is 2. The van der Waals surface area contributed by atoms with Crippen molar-refractivity contribution in [3.05, 3.63) is 84.5 Å². The second-order valence-electron chi connectivity index (χ2n) is 9.05. The van der Waals surface area contributed by atoms with Crippen LogP contribution in [-0.4, -0.2) is 48.4 Å². The van der Waals surface area contributed by atoms with Crippen molar-refractivity contribution in [2.45, 2.75) is 29.4 Å². The first-order chi connectivity index (χ1) is 18.2. The van der Waals surface area contributed by atoms with Crippen LogP contribution in [0.3, 0.4) is 0 Å². The molecule has 5 rings (SSSR count). The van der Waals surface area contributed by atoms with E-state index in [1.54, 1.807) is 24.4 Å². The van der Waals surface area contributed by atoms with E-state index in [2.05, 4.69) is 9.97 Å². The molecule has 10 nitrogen and oxygen atoms in total. The molecule has 198 valence electrons. The molecule has 1 atom stereocenters. The number of aliphatic hydroxyl groups excluding tert-OH is 1. The van der Waals surface area contributed by atoms with Gasteiger partial charge in [-0.2, -0.15) is 0 Å². The normalized spacial score (nSPS) is 16.2. The quantitative estimate of drug-likeness (QED) is 0.307. The molecule has 4 N–H and O–H groups in total. The Labute approximate surface area is 219 Å². The smallest absolute Gasteiger partial charge is 0.238 e. The molecule has 0 radical (unpaired) electrons. The number of hydrogen-bond acceptors (Lipinski definition) is 9. The molecule has 1 saturated heterocycles. The van der Waals surface area contributed by atoms with Crippen molar-refractivity contribution in [2.24, 2.45) is 5.14 Å². The van der Waals surface area contributed by atoms with E-state index in [1.807, 2.05) is 30.3 Å². The van der Waals surface area contributed by atoms with Gasteiger partial charge < -0.3 is 24.1 Å². The molecule has 0 amide bonds. The molecule has 0 spiro atoms. The van der Waals surface area contributed by atoms with Gasteiger partial charge >= 0.3 is 0 Å². The Morgan fingerprint density at radius 2 is 1.74 bits per heavy atom. The van der Waals surface area contributed by atoms with Crippen LogP contribution in [0.25, 0.3) is 22.6 Å². The minimum atomic E-state index is -3.85. The molecule has 0 bridgehead atoms.